The Morgan fingerprint density at radius 1 is 1.27 bits per heavy atom. The number of fused-ring (bicyclic) bond motifs is 1. The minimum Gasteiger partial charge on any atom is -0.493 e. The van der Waals surface area contributed by atoms with Crippen LogP contribution in [0.2, 0.25) is 0 Å². The zero-order chi connectivity index (χ0) is 11.2. The summed E-state index contributed by atoms with van der Waals surface area (Å²) < 4.78 is 43.3. The average Bonchev–Trinajstić information content (AvgIpc) is 2.57. The molecule has 0 amide bonds. The predicted octanol–water partition coefficient (Wildman–Crippen LogP) is 3.26. The van der Waals surface area contributed by atoms with Crippen molar-refractivity contribution in [2.24, 2.45) is 0 Å². The molecule has 1 heterocycles. The number of hydrogen-bond donors (Lipinski definition) is 0. The molecule has 15 heavy (non-hydrogen) atoms. The van der Waals surface area contributed by atoms with Gasteiger partial charge in [0.2, 0.25) is 0 Å². The van der Waals surface area contributed by atoms with Crippen LogP contribution in [-0.2, 0) is 12.6 Å². The molecule has 0 N–H and O–H groups in total. The smallest absolute Gasteiger partial charge is 0.416 e. The molecule has 0 fully saturated rings. The van der Waals surface area contributed by atoms with E-state index in [2.05, 4.69) is 0 Å². The fraction of sp³-hybridized carbons (Fsp3) is 0.455. The molecule has 0 atom stereocenters. The fourth-order valence-electron chi connectivity index (χ4n) is 1.89. The van der Waals surface area contributed by atoms with Crippen LogP contribution in [0.5, 0.6) is 5.75 Å². The summed E-state index contributed by atoms with van der Waals surface area (Å²) >= 11 is 0. The van der Waals surface area contributed by atoms with E-state index in [-0.39, 0.29) is 0 Å². The lowest BCUT2D eigenvalue weighted by molar-refractivity contribution is -0.138. The molecular weight excluding hydrogens is 205 g/mol. The highest BCUT2D eigenvalue weighted by atomic mass is 19.4. The molecule has 0 aromatic heterocycles. The summed E-state index contributed by atoms with van der Waals surface area (Å²) in [6.45, 7) is 3.81. The first-order valence-electron chi connectivity index (χ1n) is 4.74. The molecule has 1 aromatic rings. The Hall–Kier alpha value is -1.19. The largest absolute Gasteiger partial charge is 0.493 e. The molecule has 1 nitrogen and oxygen atoms in total. The lowest BCUT2D eigenvalue weighted by Crippen LogP contribution is -2.09. The Balaban J connectivity index is 2.68. The third-order valence-electron chi connectivity index (χ3n) is 2.80. The topological polar surface area (TPSA) is 9.23 Å². The Bertz CT molecular complexity index is 407. The van der Waals surface area contributed by atoms with Crippen molar-refractivity contribution in [1.82, 2.24) is 0 Å². The maximum Gasteiger partial charge on any atom is 0.416 e. The fourth-order valence-corrected chi connectivity index (χ4v) is 1.89. The van der Waals surface area contributed by atoms with E-state index in [4.69, 9.17) is 4.74 Å². The van der Waals surface area contributed by atoms with E-state index in [0.717, 1.165) is 5.56 Å². The van der Waals surface area contributed by atoms with Gasteiger partial charge in [-0.15, -0.1) is 0 Å². The quantitative estimate of drug-likeness (QED) is 0.646. The van der Waals surface area contributed by atoms with Crippen molar-refractivity contribution < 1.29 is 17.9 Å². The number of ether oxygens (including phenoxy) is 1. The third-order valence-corrected chi connectivity index (χ3v) is 2.80. The number of hydrogen-bond acceptors (Lipinski definition) is 1. The van der Waals surface area contributed by atoms with E-state index in [9.17, 15) is 13.2 Å². The van der Waals surface area contributed by atoms with Crippen molar-refractivity contribution in [1.29, 1.82) is 0 Å². The van der Waals surface area contributed by atoms with Gasteiger partial charge in [-0.3, -0.25) is 0 Å². The SMILES string of the molecule is Cc1cc(C(F)(F)F)c2c(c1C)OCC2. The van der Waals surface area contributed by atoms with E-state index >= 15 is 0 Å². The Labute approximate surface area is 85.9 Å². The predicted molar refractivity (Wildman–Crippen MR) is 50.1 cm³/mol. The summed E-state index contributed by atoms with van der Waals surface area (Å²) in [5, 5.41) is 0. The number of alkyl halides is 3. The lowest BCUT2D eigenvalue weighted by atomic mass is 9.97. The standard InChI is InChI=1S/C11H11F3O/c1-6-5-9(11(12,13)14)8-3-4-15-10(8)7(6)2/h5H,3-4H2,1-2H3. The van der Waals surface area contributed by atoms with Gasteiger partial charge < -0.3 is 4.74 Å². The second kappa shape index (κ2) is 3.15. The molecule has 0 radical (unpaired) electrons. The first kappa shape index (κ1) is 10.3. The Morgan fingerprint density at radius 2 is 1.93 bits per heavy atom. The highest BCUT2D eigenvalue weighted by molar-refractivity contribution is 5.52. The van der Waals surface area contributed by atoms with Crippen LogP contribution in [0.25, 0.3) is 0 Å². The zero-order valence-corrected chi connectivity index (χ0v) is 8.53. The second-order valence-electron chi connectivity index (χ2n) is 3.77. The maximum atomic E-state index is 12.7. The van der Waals surface area contributed by atoms with Gasteiger partial charge in [0, 0.05) is 12.0 Å². The van der Waals surface area contributed by atoms with Crippen molar-refractivity contribution in [3.05, 3.63) is 28.3 Å². The van der Waals surface area contributed by atoms with Crippen LogP contribution in [0, 0.1) is 13.8 Å². The average molecular weight is 216 g/mol. The normalized spacial score (nSPS) is 15.0. The summed E-state index contributed by atoms with van der Waals surface area (Å²) in [7, 11) is 0. The summed E-state index contributed by atoms with van der Waals surface area (Å²) in [6, 6.07) is 1.21. The van der Waals surface area contributed by atoms with Gasteiger partial charge in [-0.25, -0.2) is 0 Å². The summed E-state index contributed by atoms with van der Waals surface area (Å²) in [4.78, 5) is 0. The third kappa shape index (κ3) is 1.58. The molecule has 0 saturated heterocycles. The molecule has 0 aliphatic carbocycles. The van der Waals surface area contributed by atoms with E-state index in [0.29, 0.717) is 29.9 Å². The van der Waals surface area contributed by atoms with Gasteiger partial charge in [-0.2, -0.15) is 13.2 Å². The van der Waals surface area contributed by atoms with E-state index in [1.807, 2.05) is 0 Å². The molecule has 1 aromatic carbocycles. The molecule has 0 saturated carbocycles. The molecule has 0 bridgehead atoms. The van der Waals surface area contributed by atoms with Gasteiger partial charge in [-0.1, -0.05) is 0 Å². The van der Waals surface area contributed by atoms with Gasteiger partial charge in [0.25, 0.3) is 0 Å². The van der Waals surface area contributed by atoms with Gasteiger partial charge in [0.05, 0.1) is 12.2 Å². The minimum atomic E-state index is -4.28. The first-order chi connectivity index (χ1) is 6.91. The van der Waals surface area contributed by atoms with Crippen molar-refractivity contribution >= 4 is 0 Å². The second-order valence-corrected chi connectivity index (χ2v) is 3.77. The number of benzene rings is 1. The van der Waals surface area contributed by atoms with Gasteiger partial charge in [0.1, 0.15) is 5.75 Å². The molecule has 1 aliphatic rings. The molecule has 82 valence electrons. The van der Waals surface area contributed by atoms with Crippen LogP contribution < -0.4 is 4.74 Å². The van der Waals surface area contributed by atoms with Crippen LogP contribution in [0.1, 0.15) is 22.3 Å². The molecule has 4 heteroatoms. The zero-order valence-electron chi connectivity index (χ0n) is 8.53. The molecule has 2 rings (SSSR count). The van der Waals surface area contributed by atoms with E-state index in [1.54, 1.807) is 13.8 Å². The minimum absolute atomic E-state index is 0.311. The Morgan fingerprint density at radius 3 is 2.53 bits per heavy atom. The maximum absolute atomic E-state index is 12.7. The van der Waals surface area contributed by atoms with Gasteiger partial charge >= 0.3 is 6.18 Å². The molecule has 0 spiro atoms. The van der Waals surface area contributed by atoms with Crippen molar-refractivity contribution in [2.75, 3.05) is 6.61 Å². The number of halogens is 3. The van der Waals surface area contributed by atoms with Crippen molar-refractivity contribution in [3.63, 3.8) is 0 Å². The monoisotopic (exact) mass is 216 g/mol. The van der Waals surface area contributed by atoms with Crippen molar-refractivity contribution in [2.45, 2.75) is 26.4 Å². The van der Waals surface area contributed by atoms with Crippen LogP contribution >= 0.6 is 0 Å². The van der Waals surface area contributed by atoms with Crippen LogP contribution in [-0.4, -0.2) is 6.61 Å². The number of aryl methyl sites for hydroxylation is 1. The lowest BCUT2D eigenvalue weighted by Gasteiger charge is -2.14. The highest BCUT2D eigenvalue weighted by Gasteiger charge is 2.37. The van der Waals surface area contributed by atoms with Gasteiger partial charge in [0.15, 0.2) is 0 Å². The molecular formula is C11H11F3O. The highest BCUT2D eigenvalue weighted by Crippen LogP contribution is 2.41. The molecule has 0 unspecified atom stereocenters. The van der Waals surface area contributed by atoms with E-state index < -0.39 is 11.7 Å². The van der Waals surface area contributed by atoms with Gasteiger partial charge in [-0.05, 0) is 31.0 Å². The van der Waals surface area contributed by atoms with Crippen LogP contribution in [0.15, 0.2) is 6.07 Å². The number of rotatable bonds is 0. The van der Waals surface area contributed by atoms with Crippen molar-refractivity contribution in [3.8, 4) is 5.75 Å². The van der Waals surface area contributed by atoms with Crippen LogP contribution in [0.4, 0.5) is 13.2 Å². The Kier molecular flexibility index (Phi) is 2.17. The molecule has 1 aliphatic heterocycles. The summed E-state index contributed by atoms with van der Waals surface area (Å²) in [6.07, 6.45) is -3.93. The first-order valence-corrected chi connectivity index (χ1v) is 4.74. The van der Waals surface area contributed by atoms with Crippen LogP contribution in [0.3, 0.4) is 0 Å². The summed E-state index contributed by atoms with van der Waals surface area (Å²) in [5.74, 6) is 0.433. The summed E-state index contributed by atoms with van der Waals surface area (Å²) in [5.41, 5.74) is 1.21. The van der Waals surface area contributed by atoms with E-state index in [1.165, 1.54) is 6.07 Å².